The van der Waals surface area contributed by atoms with Crippen molar-refractivity contribution < 1.29 is 10.2 Å². The van der Waals surface area contributed by atoms with Crippen LogP contribution >= 0.6 is 0 Å². The molecule has 3 rings (SSSR count). The third-order valence-corrected chi connectivity index (χ3v) is 4.34. The molecule has 0 aliphatic heterocycles. The highest BCUT2D eigenvalue weighted by Crippen LogP contribution is 2.27. The zero-order chi connectivity index (χ0) is 17.1. The molecule has 0 aliphatic carbocycles. The lowest BCUT2D eigenvalue weighted by molar-refractivity contribution is 0.199. The Balaban J connectivity index is 1.82. The van der Waals surface area contributed by atoms with Gasteiger partial charge in [-0.1, -0.05) is 72.8 Å². The summed E-state index contributed by atoms with van der Waals surface area (Å²) in [6.07, 6.45) is -0.878. The average molecular weight is 318 g/mol. The maximum atomic E-state index is 9.59. The Labute approximate surface area is 143 Å². The Hall–Kier alpha value is -2.42. The number of aliphatic hydroxyl groups excluding tert-OH is 2. The maximum absolute atomic E-state index is 9.59. The molecule has 2 atom stereocenters. The molecule has 2 unspecified atom stereocenters. The van der Waals surface area contributed by atoms with Gasteiger partial charge in [-0.05, 0) is 47.2 Å². The van der Waals surface area contributed by atoms with Gasteiger partial charge in [-0.3, -0.25) is 0 Å². The van der Waals surface area contributed by atoms with Crippen LogP contribution in [0.5, 0.6) is 0 Å². The summed E-state index contributed by atoms with van der Waals surface area (Å²) in [6, 6.07) is 24.4. The molecule has 2 heteroatoms. The minimum absolute atomic E-state index is 0.439. The molecule has 0 heterocycles. The van der Waals surface area contributed by atoms with Crippen LogP contribution in [0.15, 0.2) is 72.8 Å². The van der Waals surface area contributed by atoms with E-state index in [1.165, 1.54) is 0 Å². The van der Waals surface area contributed by atoms with E-state index in [0.29, 0.717) is 0 Å². The summed E-state index contributed by atoms with van der Waals surface area (Å²) in [6.45, 7) is 3.54. The van der Waals surface area contributed by atoms with Crippen LogP contribution in [0.4, 0.5) is 0 Å². The van der Waals surface area contributed by atoms with Crippen LogP contribution in [-0.2, 0) is 0 Å². The molecule has 0 spiro atoms. The van der Waals surface area contributed by atoms with E-state index in [4.69, 9.17) is 0 Å². The van der Waals surface area contributed by atoms with Gasteiger partial charge in [0, 0.05) is 0 Å². The normalized spacial score (nSPS) is 13.5. The zero-order valence-electron chi connectivity index (χ0n) is 14.0. The third kappa shape index (κ3) is 3.56. The average Bonchev–Trinajstić information content (AvgIpc) is 2.62. The van der Waals surface area contributed by atoms with Gasteiger partial charge in [0.25, 0.3) is 0 Å². The van der Waals surface area contributed by atoms with Crippen molar-refractivity contribution in [2.75, 3.05) is 0 Å². The van der Waals surface area contributed by atoms with E-state index in [1.54, 1.807) is 13.8 Å². The minimum Gasteiger partial charge on any atom is -0.389 e. The topological polar surface area (TPSA) is 40.5 Å². The SMILES string of the molecule is CC(O)c1ccc(-c2ccc(-c3ccc(C(C)O)cc3)cc2)cc1. The number of rotatable bonds is 4. The summed E-state index contributed by atoms with van der Waals surface area (Å²) in [5.41, 5.74) is 6.42. The zero-order valence-corrected chi connectivity index (χ0v) is 14.0. The summed E-state index contributed by atoms with van der Waals surface area (Å²) in [4.78, 5) is 0. The van der Waals surface area contributed by atoms with Gasteiger partial charge < -0.3 is 10.2 Å². The van der Waals surface area contributed by atoms with Gasteiger partial charge in [0.05, 0.1) is 12.2 Å². The molecule has 2 nitrogen and oxygen atoms in total. The highest BCUT2D eigenvalue weighted by atomic mass is 16.3. The Bertz CT molecular complexity index is 712. The lowest BCUT2D eigenvalue weighted by Gasteiger charge is -2.09. The highest BCUT2D eigenvalue weighted by Gasteiger charge is 2.04. The summed E-state index contributed by atoms with van der Waals surface area (Å²) < 4.78 is 0. The molecular formula is C22H22O2. The number of aliphatic hydroxyl groups is 2. The standard InChI is InChI=1S/C22H22O2/c1-15(23)17-3-7-19(8-4-17)21-11-13-22(14-12-21)20-9-5-18(6-10-20)16(2)24/h3-16,23-24H,1-2H3. The monoisotopic (exact) mass is 318 g/mol. The Kier molecular flexibility index (Phi) is 4.79. The van der Waals surface area contributed by atoms with Crippen LogP contribution in [0.25, 0.3) is 22.3 Å². The van der Waals surface area contributed by atoms with E-state index in [1.807, 2.05) is 48.5 Å². The van der Waals surface area contributed by atoms with E-state index >= 15 is 0 Å². The molecule has 3 aromatic rings. The fraction of sp³-hybridized carbons (Fsp3) is 0.182. The first-order valence-electron chi connectivity index (χ1n) is 8.21. The van der Waals surface area contributed by atoms with Crippen molar-refractivity contribution in [1.29, 1.82) is 0 Å². The largest absolute Gasteiger partial charge is 0.389 e. The lowest BCUT2D eigenvalue weighted by atomic mass is 9.98. The summed E-state index contributed by atoms with van der Waals surface area (Å²) >= 11 is 0. The summed E-state index contributed by atoms with van der Waals surface area (Å²) in [7, 11) is 0. The maximum Gasteiger partial charge on any atom is 0.0761 e. The minimum atomic E-state index is -0.439. The molecule has 122 valence electrons. The van der Waals surface area contributed by atoms with Gasteiger partial charge >= 0.3 is 0 Å². The molecule has 0 aromatic heterocycles. The summed E-state index contributed by atoms with van der Waals surface area (Å²) in [5, 5.41) is 19.2. The highest BCUT2D eigenvalue weighted by molar-refractivity contribution is 5.70. The van der Waals surface area contributed by atoms with Gasteiger partial charge in [0.15, 0.2) is 0 Å². The number of hydrogen-bond donors (Lipinski definition) is 2. The first kappa shape index (κ1) is 16.4. The second-order valence-corrected chi connectivity index (χ2v) is 6.17. The quantitative estimate of drug-likeness (QED) is 0.700. The van der Waals surface area contributed by atoms with E-state index in [2.05, 4.69) is 24.3 Å². The first-order valence-corrected chi connectivity index (χ1v) is 8.21. The molecular weight excluding hydrogens is 296 g/mol. The summed E-state index contributed by atoms with van der Waals surface area (Å²) in [5.74, 6) is 0. The first-order chi connectivity index (χ1) is 11.5. The Morgan fingerprint density at radius 1 is 0.458 bits per heavy atom. The predicted octanol–water partition coefficient (Wildman–Crippen LogP) is 5.13. The second-order valence-electron chi connectivity index (χ2n) is 6.17. The molecule has 24 heavy (non-hydrogen) atoms. The van der Waals surface area contributed by atoms with Gasteiger partial charge in [-0.25, -0.2) is 0 Å². The smallest absolute Gasteiger partial charge is 0.0761 e. The van der Waals surface area contributed by atoms with Crippen molar-refractivity contribution in [2.45, 2.75) is 26.1 Å². The molecule has 0 aliphatic rings. The van der Waals surface area contributed by atoms with Gasteiger partial charge in [0.2, 0.25) is 0 Å². The molecule has 0 fully saturated rings. The van der Waals surface area contributed by atoms with Gasteiger partial charge in [-0.15, -0.1) is 0 Å². The molecule has 0 radical (unpaired) electrons. The van der Waals surface area contributed by atoms with Crippen LogP contribution in [0, 0.1) is 0 Å². The third-order valence-electron chi connectivity index (χ3n) is 4.34. The molecule has 0 saturated heterocycles. The van der Waals surface area contributed by atoms with E-state index in [-0.39, 0.29) is 0 Å². The van der Waals surface area contributed by atoms with E-state index < -0.39 is 12.2 Å². The van der Waals surface area contributed by atoms with Gasteiger partial charge in [-0.2, -0.15) is 0 Å². The van der Waals surface area contributed by atoms with Crippen molar-refractivity contribution in [2.24, 2.45) is 0 Å². The van der Waals surface area contributed by atoms with E-state index in [9.17, 15) is 10.2 Å². The van der Waals surface area contributed by atoms with Crippen molar-refractivity contribution in [1.82, 2.24) is 0 Å². The van der Waals surface area contributed by atoms with Crippen molar-refractivity contribution in [3.8, 4) is 22.3 Å². The lowest BCUT2D eigenvalue weighted by Crippen LogP contribution is -1.90. The predicted molar refractivity (Wildman–Crippen MR) is 98.6 cm³/mol. The van der Waals surface area contributed by atoms with Gasteiger partial charge in [0.1, 0.15) is 0 Å². The van der Waals surface area contributed by atoms with Crippen LogP contribution in [0.1, 0.15) is 37.2 Å². The molecule has 0 bridgehead atoms. The second kappa shape index (κ2) is 7.00. The van der Waals surface area contributed by atoms with E-state index in [0.717, 1.165) is 33.4 Å². The van der Waals surface area contributed by atoms with Crippen LogP contribution in [0.3, 0.4) is 0 Å². The fourth-order valence-electron chi connectivity index (χ4n) is 2.76. The molecule has 3 aromatic carbocycles. The molecule has 0 amide bonds. The van der Waals surface area contributed by atoms with Crippen LogP contribution in [-0.4, -0.2) is 10.2 Å². The number of benzene rings is 3. The van der Waals surface area contributed by atoms with Crippen molar-refractivity contribution in [3.63, 3.8) is 0 Å². The molecule has 2 N–H and O–H groups in total. The Morgan fingerprint density at radius 2 is 0.667 bits per heavy atom. The molecule has 0 saturated carbocycles. The Morgan fingerprint density at radius 3 is 0.875 bits per heavy atom. The van der Waals surface area contributed by atoms with Crippen molar-refractivity contribution in [3.05, 3.63) is 83.9 Å². The fourth-order valence-corrected chi connectivity index (χ4v) is 2.76. The van der Waals surface area contributed by atoms with Crippen molar-refractivity contribution >= 4 is 0 Å². The van der Waals surface area contributed by atoms with Crippen LogP contribution in [0.2, 0.25) is 0 Å². The number of hydrogen-bond acceptors (Lipinski definition) is 2. The van der Waals surface area contributed by atoms with Crippen LogP contribution < -0.4 is 0 Å².